The van der Waals surface area contributed by atoms with Crippen LogP contribution in [0.4, 0.5) is 5.69 Å². The largest absolute Gasteiger partial charge is 0.326 e. The van der Waals surface area contributed by atoms with Crippen LogP contribution in [0.3, 0.4) is 0 Å². The van der Waals surface area contributed by atoms with Crippen LogP contribution < -0.4 is 5.32 Å². The zero-order valence-electron chi connectivity index (χ0n) is 8.47. The molecule has 4 heteroatoms. The van der Waals surface area contributed by atoms with Crippen LogP contribution >= 0.6 is 0 Å². The molecule has 4 nitrogen and oxygen atoms in total. The number of fused-ring (bicyclic) bond motifs is 1. The molecule has 1 amide bonds. The van der Waals surface area contributed by atoms with Crippen molar-refractivity contribution in [2.24, 2.45) is 0 Å². The highest BCUT2D eigenvalue weighted by molar-refractivity contribution is 5.99. The number of hydrogen-bond donors (Lipinski definition) is 1. The van der Waals surface area contributed by atoms with Gasteiger partial charge in [-0.3, -0.25) is 4.79 Å². The molecule has 2 aromatic rings. The number of nitrogens with zero attached hydrogens (tertiary/aromatic N) is 2. The lowest BCUT2D eigenvalue weighted by Gasteiger charge is -2.02. The van der Waals surface area contributed by atoms with Crippen LogP contribution in [-0.4, -0.2) is 16.1 Å². The second kappa shape index (κ2) is 3.41. The van der Waals surface area contributed by atoms with Crippen molar-refractivity contribution in [3.8, 4) is 11.3 Å². The van der Waals surface area contributed by atoms with Crippen molar-refractivity contribution in [2.45, 2.75) is 6.42 Å². The Kier molecular flexibility index (Phi) is 1.93. The van der Waals surface area contributed by atoms with Crippen molar-refractivity contribution in [2.75, 3.05) is 5.32 Å². The topological polar surface area (TPSA) is 54.9 Å². The summed E-state index contributed by atoms with van der Waals surface area (Å²) in [6.07, 6.45) is 2.11. The van der Waals surface area contributed by atoms with Gasteiger partial charge in [-0.1, -0.05) is 12.1 Å². The summed E-state index contributed by atoms with van der Waals surface area (Å²) in [5.74, 6) is 0.0475. The average Bonchev–Trinajstić information content (AvgIpc) is 2.69. The van der Waals surface area contributed by atoms with Crippen molar-refractivity contribution in [3.05, 3.63) is 42.1 Å². The molecular weight excluding hydrogens is 202 g/mol. The van der Waals surface area contributed by atoms with E-state index in [4.69, 9.17) is 0 Å². The molecule has 0 saturated heterocycles. The zero-order chi connectivity index (χ0) is 11.0. The fraction of sp³-hybridized carbons (Fsp3) is 0.0833. The Morgan fingerprint density at radius 1 is 1.25 bits per heavy atom. The van der Waals surface area contributed by atoms with Gasteiger partial charge in [-0.2, -0.15) is 10.2 Å². The van der Waals surface area contributed by atoms with Crippen LogP contribution in [0.1, 0.15) is 5.56 Å². The lowest BCUT2D eigenvalue weighted by atomic mass is 10.1. The molecule has 0 atom stereocenters. The molecule has 0 fully saturated rings. The summed E-state index contributed by atoms with van der Waals surface area (Å²) in [4.78, 5) is 11.2. The van der Waals surface area contributed by atoms with E-state index < -0.39 is 0 Å². The van der Waals surface area contributed by atoms with E-state index in [1.54, 1.807) is 6.20 Å². The minimum Gasteiger partial charge on any atom is -0.326 e. The molecule has 16 heavy (non-hydrogen) atoms. The van der Waals surface area contributed by atoms with E-state index in [1.165, 1.54) is 0 Å². The molecule has 1 aromatic heterocycles. The molecule has 1 aliphatic rings. The van der Waals surface area contributed by atoms with Gasteiger partial charge in [-0.05, 0) is 23.8 Å². The van der Waals surface area contributed by atoms with Crippen molar-refractivity contribution in [3.63, 3.8) is 0 Å². The molecule has 0 bridgehead atoms. The van der Waals surface area contributed by atoms with E-state index >= 15 is 0 Å². The number of aromatic nitrogens is 2. The summed E-state index contributed by atoms with van der Waals surface area (Å²) in [6, 6.07) is 9.59. The van der Waals surface area contributed by atoms with E-state index in [2.05, 4.69) is 15.5 Å². The Morgan fingerprint density at radius 2 is 2.19 bits per heavy atom. The van der Waals surface area contributed by atoms with Gasteiger partial charge >= 0.3 is 0 Å². The monoisotopic (exact) mass is 211 g/mol. The molecule has 1 aliphatic heterocycles. The molecular formula is C12H9N3O. The molecule has 1 aromatic carbocycles. The standard InChI is InChI=1S/C12H9N3O/c16-12-7-9-4-3-8(6-11(9)14-12)10-2-1-5-13-15-10/h1-6H,7H2,(H,14,16). The van der Waals surface area contributed by atoms with Crippen LogP contribution in [0, 0.1) is 0 Å². The van der Waals surface area contributed by atoms with Crippen LogP contribution in [0.5, 0.6) is 0 Å². The van der Waals surface area contributed by atoms with Gasteiger partial charge in [-0.15, -0.1) is 0 Å². The summed E-state index contributed by atoms with van der Waals surface area (Å²) in [5, 5.41) is 10.7. The van der Waals surface area contributed by atoms with E-state index in [0.29, 0.717) is 6.42 Å². The highest BCUT2D eigenvalue weighted by Gasteiger charge is 2.17. The van der Waals surface area contributed by atoms with E-state index in [0.717, 1.165) is 22.5 Å². The van der Waals surface area contributed by atoms with E-state index in [1.807, 2.05) is 30.3 Å². The summed E-state index contributed by atoms with van der Waals surface area (Å²) in [5.41, 5.74) is 3.70. The number of amides is 1. The van der Waals surface area contributed by atoms with Crippen LogP contribution in [0.2, 0.25) is 0 Å². The molecule has 2 heterocycles. The highest BCUT2D eigenvalue weighted by atomic mass is 16.1. The summed E-state index contributed by atoms with van der Waals surface area (Å²) < 4.78 is 0. The third kappa shape index (κ3) is 1.44. The van der Waals surface area contributed by atoms with Gasteiger partial charge in [0.25, 0.3) is 0 Å². The first-order valence-electron chi connectivity index (χ1n) is 5.04. The predicted molar refractivity (Wildman–Crippen MR) is 59.8 cm³/mol. The number of carbonyl (C=O) groups excluding carboxylic acids is 1. The SMILES string of the molecule is O=C1Cc2ccc(-c3cccnn3)cc2N1. The summed E-state index contributed by atoms with van der Waals surface area (Å²) in [6.45, 7) is 0. The maximum absolute atomic E-state index is 11.2. The number of hydrogen-bond acceptors (Lipinski definition) is 3. The zero-order valence-corrected chi connectivity index (χ0v) is 8.47. The van der Waals surface area contributed by atoms with Gasteiger partial charge in [0.15, 0.2) is 0 Å². The van der Waals surface area contributed by atoms with Gasteiger partial charge < -0.3 is 5.32 Å². The quantitative estimate of drug-likeness (QED) is 0.780. The summed E-state index contributed by atoms with van der Waals surface area (Å²) in [7, 11) is 0. The Hall–Kier alpha value is -2.23. The first-order valence-corrected chi connectivity index (χ1v) is 5.04. The Bertz CT molecular complexity index is 551. The third-order valence-corrected chi connectivity index (χ3v) is 2.60. The molecule has 1 N–H and O–H groups in total. The summed E-state index contributed by atoms with van der Waals surface area (Å²) >= 11 is 0. The minimum atomic E-state index is 0.0475. The maximum atomic E-state index is 11.2. The van der Waals surface area contributed by atoms with Gasteiger partial charge in [0, 0.05) is 17.4 Å². The Labute approximate surface area is 92.3 Å². The number of benzene rings is 1. The van der Waals surface area contributed by atoms with Crippen molar-refractivity contribution in [1.82, 2.24) is 10.2 Å². The molecule has 0 radical (unpaired) electrons. The fourth-order valence-electron chi connectivity index (χ4n) is 1.83. The molecule has 0 saturated carbocycles. The molecule has 0 unspecified atom stereocenters. The molecule has 3 rings (SSSR count). The first kappa shape index (κ1) is 9.03. The van der Waals surface area contributed by atoms with Gasteiger partial charge in [0.2, 0.25) is 5.91 Å². The second-order valence-electron chi connectivity index (χ2n) is 3.71. The predicted octanol–water partition coefficient (Wildman–Crippen LogP) is 1.64. The highest BCUT2D eigenvalue weighted by Crippen LogP contribution is 2.27. The van der Waals surface area contributed by atoms with Crippen LogP contribution in [0.15, 0.2) is 36.5 Å². The lowest BCUT2D eigenvalue weighted by Crippen LogP contribution is -2.03. The van der Waals surface area contributed by atoms with Gasteiger partial charge in [0.05, 0.1) is 12.1 Å². The molecule has 0 aliphatic carbocycles. The normalized spacial score (nSPS) is 13.4. The second-order valence-corrected chi connectivity index (χ2v) is 3.71. The number of carbonyl (C=O) groups is 1. The van der Waals surface area contributed by atoms with Crippen molar-refractivity contribution < 1.29 is 4.79 Å². The smallest absolute Gasteiger partial charge is 0.228 e. The van der Waals surface area contributed by atoms with Gasteiger partial charge in [-0.25, -0.2) is 0 Å². The fourth-order valence-corrected chi connectivity index (χ4v) is 1.83. The van der Waals surface area contributed by atoms with Crippen LogP contribution in [-0.2, 0) is 11.2 Å². The molecule has 0 spiro atoms. The van der Waals surface area contributed by atoms with Gasteiger partial charge in [0.1, 0.15) is 0 Å². The van der Waals surface area contributed by atoms with E-state index in [9.17, 15) is 4.79 Å². The number of anilines is 1. The number of rotatable bonds is 1. The Morgan fingerprint density at radius 3 is 3.00 bits per heavy atom. The van der Waals surface area contributed by atoms with Crippen molar-refractivity contribution >= 4 is 11.6 Å². The maximum Gasteiger partial charge on any atom is 0.228 e. The third-order valence-electron chi connectivity index (χ3n) is 2.60. The lowest BCUT2D eigenvalue weighted by molar-refractivity contribution is -0.115. The first-order chi connectivity index (χ1) is 7.83. The minimum absolute atomic E-state index is 0.0475. The van der Waals surface area contributed by atoms with E-state index in [-0.39, 0.29) is 5.91 Å². The van der Waals surface area contributed by atoms with Crippen LogP contribution in [0.25, 0.3) is 11.3 Å². The molecule has 78 valence electrons. The van der Waals surface area contributed by atoms with Crippen molar-refractivity contribution in [1.29, 1.82) is 0 Å². The average molecular weight is 211 g/mol. The number of nitrogens with one attached hydrogen (secondary N) is 1. The Balaban J connectivity index is 2.06.